The molecule has 1 fully saturated rings. The van der Waals surface area contributed by atoms with Crippen molar-refractivity contribution in [1.29, 1.82) is 0 Å². The highest BCUT2D eigenvalue weighted by molar-refractivity contribution is 7.89. The number of anilines is 1. The highest BCUT2D eigenvalue weighted by atomic mass is 35.5. The number of benzene rings is 1. The lowest BCUT2D eigenvalue weighted by Crippen LogP contribution is -2.37. The average molecular weight is 351 g/mol. The SMILES string of the molecule is CCCS(=O)(=O)N1CC(=O)N(c2cc(Cl)cc(Cl)c2)C1=O. The van der Waals surface area contributed by atoms with Crippen molar-refractivity contribution in [3.05, 3.63) is 28.2 Å². The molecule has 0 aromatic heterocycles. The number of amides is 3. The largest absolute Gasteiger partial charge is 0.345 e. The number of hydrogen-bond donors (Lipinski definition) is 0. The number of halogens is 2. The second-order valence-electron chi connectivity index (χ2n) is 4.46. The lowest BCUT2D eigenvalue weighted by Gasteiger charge is -2.17. The van der Waals surface area contributed by atoms with E-state index < -0.39 is 28.5 Å². The Balaban J connectivity index is 2.39. The van der Waals surface area contributed by atoms with Crippen molar-refractivity contribution in [2.45, 2.75) is 13.3 Å². The first-order chi connectivity index (χ1) is 9.76. The maximum absolute atomic E-state index is 12.2. The molecule has 1 aliphatic heterocycles. The number of nitrogens with zero attached hydrogens (tertiary/aromatic N) is 2. The van der Waals surface area contributed by atoms with E-state index in [-0.39, 0.29) is 21.5 Å². The van der Waals surface area contributed by atoms with E-state index in [0.29, 0.717) is 10.7 Å². The molecule has 0 saturated carbocycles. The predicted octanol–water partition coefficient (Wildman–Crippen LogP) is 2.50. The van der Waals surface area contributed by atoms with Crippen LogP contribution in [0.1, 0.15) is 13.3 Å². The standard InChI is InChI=1S/C12H12Cl2N2O4S/c1-2-3-21(19,20)15-7-11(17)16(12(15)18)10-5-8(13)4-9(14)6-10/h4-6H,2-3,7H2,1H3. The second kappa shape index (κ2) is 5.82. The van der Waals surface area contributed by atoms with Crippen molar-refractivity contribution in [2.75, 3.05) is 17.2 Å². The smallest absolute Gasteiger partial charge is 0.272 e. The van der Waals surface area contributed by atoms with Gasteiger partial charge in [0.2, 0.25) is 10.0 Å². The first-order valence-electron chi connectivity index (χ1n) is 6.09. The zero-order chi connectivity index (χ0) is 15.8. The Hall–Kier alpha value is -1.31. The molecule has 1 saturated heterocycles. The van der Waals surface area contributed by atoms with E-state index in [2.05, 4.69) is 0 Å². The van der Waals surface area contributed by atoms with Crippen molar-refractivity contribution >= 4 is 50.9 Å². The second-order valence-corrected chi connectivity index (χ2v) is 7.35. The number of carbonyl (C=O) groups is 2. The molecule has 0 atom stereocenters. The van der Waals surface area contributed by atoms with E-state index in [4.69, 9.17) is 23.2 Å². The Bertz CT molecular complexity index is 685. The molecule has 0 aliphatic carbocycles. The van der Waals surface area contributed by atoms with Gasteiger partial charge in [-0.25, -0.2) is 22.4 Å². The van der Waals surface area contributed by atoms with Crippen LogP contribution >= 0.6 is 23.2 Å². The average Bonchev–Trinajstić information content (AvgIpc) is 2.64. The van der Waals surface area contributed by atoms with Gasteiger partial charge in [-0.2, -0.15) is 0 Å². The third kappa shape index (κ3) is 3.14. The van der Waals surface area contributed by atoms with Crippen molar-refractivity contribution in [3.63, 3.8) is 0 Å². The van der Waals surface area contributed by atoms with Gasteiger partial charge in [0.1, 0.15) is 6.54 Å². The molecule has 0 radical (unpaired) electrons. The van der Waals surface area contributed by atoms with Crippen molar-refractivity contribution in [1.82, 2.24) is 4.31 Å². The molecule has 9 heteroatoms. The van der Waals surface area contributed by atoms with Crippen LogP contribution in [0.2, 0.25) is 10.0 Å². The number of carbonyl (C=O) groups excluding carboxylic acids is 2. The molecule has 0 N–H and O–H groups in total. The summed E-state index contributed by atoms with van der Waals surface area (Å²) in [6, 6.07) is 3.29. The summed E-state index contributed by atoms with van der Waals surface area (Å²) < 4.78 is 24.5. The quantitative estimate of drug-likeness (QED) is 0.781. The van der Waals surface area contributed by atoms with Crippen LogP contribution in [-0.4, -0.2) is 37.0 Å². The minimum Gasteiger partial charge on any atom is -0.272 e. The zero-order valence-corrected chi connectivity index (χ0v) is 13.4. The molecule has 1 aromatic carbocycles. The Morgan fingerprint density at radius 2 is 1.71 bits per heavy atom. The Morgan fingerprint density at radius 3 is 2.24 bits per heavy atom. The molecule has 1 aromatic rings. The molecule has 114 valence electrons. The summed E-state index contributed by atoms with van der Waals surface area (Å²) in [5.41, 5.74) is 0.150. The molecule has 6 nitrogen and oxygen atoms in total. The van der Waals surface area contributed by atoms with Crippen LogP contribution in [0.25, 0.3) is 0 Å². The van der Waals surface area contributed by atoms with Crippen molar-refractivity contribution in [3.8, 4) is 0 Å². The molecule has 0 unspecified atom stereocenters. The van der Waals surface area contributed by atoms with E-state index in [1.165, 1.54) is 18.2 Å². The number of hydrogen-bond acceptors (Lipinski definition) is 4. The summed E-state index contributed by atoms with van der Waals surface area (Å²) in [4.78, 5) is 25.0. The van der Waals surface area contributed by atoms with Crippen LogP contribution in [0, 0.1) is 0 Å². The Kier molecular flexibility index (Phi) is 4.46. The summed E-state index contributed by atoms with van der Waals surface area (Å²) >= 11 is 11.7. The Labute approximate surface area is 132 Å². The summed E-state index contributed by atoms with van der Waals surface area (Å²) in [6.07, 6.45) is 0.350. The van der Waals surface area contributed by atoms with Gasteiger partial charge in [0.05, 0.1) is 11.4 Å². The fraction of sp³-hybridized carbons (Fsp3) is 0.333. The van der Waals surface area contributed by atoms with Crippen LogP contribution < -0.4 is 4.90 Å². The third-order valence-corrected chi connectivity index (χ3v) is 5.15. The monoisotopic (exact) mass is 350 g/mol. The topological polar surface area (TPSA) is 74.8 Å². The number of urea groups is 1. The van der Waals surface area contributed by atoms with Crippen LogP contribution in [0.15, 0.2) is 18.2 Å². The normalized spacial score (nSPS) is 16.0. The summed E-state index contributed by atoms with van der Waals surface area (Å²) in [5, 5.41) is 0.487. The van der Waals surface area contributed by atoms with Gasteiger partial charge in [-0.1, -0.05) is 30.1 Å². The number of sulfonamides is 1. The zero-order valence-electron chi connectivity index (χ0n) is 11.0. The van der Waals surface area contributed by atoms with Gasteiger partial charge in [-0.15, -0.1) is 0 Å². The fourth-order valence-corrected chi connectivity index (χ4v) is 3.87. The van der Waals surface area contributed by atoms with Gasteiger partial charge in [0, 0.05) is 10.0 Å². The lowest BCUT2D eigenvalue weighted by atomic mass is 10.3. The highest BCUT2D eigenvalue weighted by Gasteiger charge is 2.43. The van der Waals surface area contributed by atoms with Gasteiger partial charge in [0.15, 0.2) is 0 Å². The van der Waals surface area contributed by atoms with Crippen LogP contribution in [0.3, 0.4) is 0 Å². The minimum atomic E-state index is -3.80. The van der Waals surface area contributed by atoms with Gasteiger partial charge >= 0.3 is 6.03 Å². The van der Waals surface area contributed by atoms with Gasteiger partial charge in [-0.05, 0) is 24.6 Å². The van der Waals surface area contributed by atoms with Crippen molar-refractivity contribution < 1.29 is 18.0 Å². The van der Waals surface area contributed by atoms with Crippen LogP contribution in [0.4, 0.5) is 10.5 Å². The summed E-state index contributed by atoms with van der Waals surface area (Å²) in [6.45, 7) is 1.17. The van der Waals surface area contributed by atoms with E-state index in [9.17, 15) is 18.0 Å². The highest BCUT2D eigenvalue weighted by Crippen LogP contribution is 2.29. The maximum Gasteiger partial charge on any atom is 0.345 e. The lowest BCUT2D eigenvalue weighted by molar-refractivity contribution is -0.116. The molecule has 2 rings (SSSR count). The minimum absolute atomic E-state index is 0.150. The number of imide groups is 1. The van der Waals surface area contributed by atoms with Crippen LogP contribution in [-0.2, 0) is 14.8 Å². The van der Waals surface area contributed by atoms with E-state index in [1.54, 1.807) is 6.92 Å². The van der Waals surface area contributed by atoms with Crippen LogP contribution in [0.5, 0.6) is 0 Å². The molecule has 3 amide bonds. The van der Waals surface area contributed by atoms with Crippen molar-refractivity contribution in [2.24, 2.45) is 0 Å². The molecule has 21 heavy (non-hydrogen) atoms. The number of rotatable bonds is 4. The van der Waals surface area contributed by atoms with Gasteiger partial charge < -0.3 is 0 Å². The Morgan fingerprint density at radius 1 is 1.14 bits per heavy atom. The first-order valence-corrected chi connectivity index (χ1v) is 8.46. The van der Waals surface area contributed by atoms with E-state index in [1.807, 2.05) is 0 Å². The molecule has 1 heterocycles. The first kappa shape index (κ1) is 16.1. The molecular weight excluding hydrogens is 339 g/mol. The van der Waals surface area contributed by atoms with Gasteiger partial charge in [-0.3, -0.25) is 4.79 Å². The molecule has 0 spiro atoms. The third-order valence-electron chi connectivity index (χ3n) is 2.84. The summed E-state index contributed by atoms with van der Waals surface area (Å²) in [7, 11) is -3.80. The summed E-state index contributed by atoms with van der Waals surface area (Å²) in [5.74, 6) is -0.839. The van der Waals surface area contributed by atoms with Gasteiger partial charge in [0.25, 0.3) is 5.91 Å². The van der Waals surface area contributed by atoms with E-state index >= 15 is 0 Å². The molecule has 0 bridgehead atoms. The molecular formula is C12H12Cl2N2O4S. The fourth-order valence-electron chi connectivity index (χ4n) is 1.99. The maximum atomic E-state index is 12.2. The van der Waals surface area contributed by atoms with E-state index in [0.717, 1.165) is 4.90 Å². The predicted molar refractivity (Wildman–Crippen MR) is 80.1 cm³/mol. The molecule has 1 aliphatic rings.